The standard InChI is InChI=1S/C15H28N2O3Si3.H4OSi/c1-13(2)12-23(19-21,20-22)10-6-9-16-15(18)17-11-14-7-4-3-5-8-14;1-2/h3-5,7-8H,1,6,9-12H2,2,21-22H3,(H2,16,17,18);1H,2H3. The zero-order valence-electron chi connectivity index (χ0n) is 15.8. The average Bonchev–Trinajstić information content (AvgIpc) is 2.64. The Labute approximate surface area is 161 Å². The van der Waals surface area contributed by atoms with Crippen molar-refractivity contribution in [2.75, 3.05) is 6.54 Å². The van der Waals surface area contributed by atoms with E-state index >= 15 is 0 Å². The average molecular weight is 417 g/mol. The number of benzene rings is 1. The molecule has 0 bridgehead atoms. The van der Waals surface area contributed by atoms with Gasteiger partial charge in [0.05, 0.1) is 0 Å². The third kappa shape index (κ3) is 10.5. The smallest absolute Gasteiger partial charge is 0.320 e. The highest BCUT2D eigenvalue weighted by Crippen LogP contribution is 2.22. The maximum absolute atomic E-state index is 11.8. The van der Waals surface area contributed by atoms with Gasteiger partial charge in [-0.25, -0.2) is 4.79 Å². The van der Waals surface area contributed by atoms with E-state index in [4.69, 9.17) is 13.0 Å². The molecule has 0 saturated heterocycles. The molecule has 1 aromatic carbocycles. The molecular weight excluding hydrogens is 385 g/mol. The lowest BCUT2D eigenvalue weighted by atomic mass is 10.2. The Balaban J connectivity index is 0.00000277. The van der Waals surface area contributed by atoms with Crippen molar-refractivity contribution in [1.29, 1.82) is 0 Å². The molecule has 0 atom stereocenters. The molecule has 0 aliphatic heterocycles. The molecule has 0 fully saturated rings. The minimum atomic E-state index is -2.10. The van der Waals surface area contributed by atoms with Crippen LogP contribution in [0.4, 0.5) is 4.79 Å². The number of carbonyl (C=O) groups is 1. The molecule has 0 unspecified atom stereocenters. The molecule has 0 heterocycles. The molecule has 2 amide bonds. The summed E-state index contributed by atoms with van der Waals surface area (Å²) in [5, 5.41) is 5.74. The number of rotatable bonds is 10. The van der Waals surface area contributed by atoms with E-state index in [1.54, 1.807) is 0 Å². The van der Waals surface area contributed by atoms with Crippen molar-refractivity contribution in [2.24, 2.45) is 0 Å². The maximum atomic E-state index is 11.8. The van der Waals surface area contributed by atoms with Crippen molar-refractivity contribution in [1.82, 2.24) is 10.6 Å². The largest absolute Gasteiger partial charge is 0.445 e. The van der Waals surface area contributed by atoms with Gasteiger partial charge in [0.15, 0.2) is 0 Å². The molecular formula is C15H32N2O4Si4. The summed E-state index contributed by atoms with van der Waals surface area (Å²) < 4.78 is 11.6. The van der Waals surface area contributed by atoms with Gasteiger partial charge in [0.2, 0.25) is 0 Å². The Morgan fingerprint density at radius 2 is 1.80 bits per heavy atom. The van der Waals surface area contributed by atoms with Crippen LogP contribution in [0.1, 0.15) is 18.9 Å². The van der Waals surface area contributed by atoms with Crippen LogP contribution >= 0.6 is 0 Å². The van der Waals surface area contributed by atoms with Gasteiger partial charge in [-0.15, -0.1) is 6.58 Å². The first-order chi connectivity index (χ1) is 12.0. The molecule has 6 nitrogen and oxygen atoms in total. The van der Waals surface area contributed by atoms with Crippen molar-refractivity contribution in [3.8, 4) is 0 Å². The summed E-state index contributed by atoms with van der Waals surface area (Å²) in [7, 11) is -0.430. The van der Waals surface area contributed by atoms with Crippen molar-refractivity contribution in [3.05, 3.63) is 48.0 Å². The van der Waals surface area contributed by atoms with Gasteiger partial charge in [-0.1, -0.05) is 35.9 Å². The highest BCUT2D eigenvalue weighted by Gasteiger charge is 2.33. The van der Waals surface area contributed by atoms with Crippen LogP contribution in [0.5, 0.6) is 0 Å². The van der Waals surface area contributed by atoms with Crippen LogP contribution in [0.15, 0.2) is 42.5 Å². The fourth-order valence-corrected chi connectivity index (χ4v) is 9.15. The third-order valence-electron chi connectivity index (χ3n) is 3.63. The SMILES string of the molecule is C=C(C)C[Si](CCCNC(=O)NCc1ccccc1)(O[SiH3])O[SiH3].O[SiH3]. The fraction of sp³-hybridized carbons (Fsp3) is 0.400. The number of urea groups is 1. The van der Waals surface area contributed by atoms with Crippen LogP contribution in [0.2, 0.25) is 12.1 Å². The van der Waals surface area contributed by atoms with Gasteiger partial charge in [-0.05, 0) is 25.0 Å². The predicted octanol–water partition coefficient (Wildman–Crippen LogP) is -1.25. The fourth-order valence-electron chi connectivity index (χ4n) is 2.38. The highest BCUT2D eigenvalue weighted by molar-refractivity contribution is 6.73. The Morgan fingerprint density at radius 3 is 2.32 bits per heavy atom. The molecule has 0 aliphatic rings. The van der Waals surface area contributed by atoms with Crippen LogP contribution in [0.25, 0.3) is 0 Å². The summed E-state index contributed by atoms with van der Waals surface area (Å²) in [5.41, 5.74) is 2.20. The minimum absolute atomic E-state index is 0.139. The lowest BCUT2D eigenvalue weighted by Crippen LogP contribution is -2.42. The molecule has 3 N–H and O–H groups in total. The normalized spacial score (nSPS) is 12.7. The van der Waals surface area contributed by atoms with Crippen molar-refractivity contribution in [3.63, 3.8) is 0 Å². The number of amides is 2. The van der Waals surface area contributed by atoms with E-state index in [1.165, 1.54) is 0 Å². The number of hydrogen-bond donors (Lipinski definition) is 3. The third-order valence-corrected chi connectivity index (χ3v) is 11.8. The molecule has 0 aromatic heterocycles. The van der Waals surface area contributed by atoms with E-state index in [0.717, 1.165) is 29.6 Å². The van der Waals surface area contributed by atoms with E-state index in [0.29, 0.717) is 44.5 Å². The number of allylic oxidation sites excluding steroid dienone is 1. The van der Waals surface area contributed by atoms with E-state index < -0.39 is 8.56 Å². The summed E-state index contributed by atoms with van der Waals surface area (Å²) >= 11 is 0. The molecule has 1 aromatic rings. The van der Waals surface area contributed by atoms with E-state index in [-0.39, 0.29) is 6.03 Å². The van der Waals surface area contributed by atoms with Crippen molar-refractivity contribution in [2.45, 2.75) is 32.0 Å². The quantitative estimate of drug-likeness (QED) is 0.253. The van der Waals surface area contributed by atoms with Crippen molar-refractivity contribution >= 4 is 46.0 Å². The molecule has 142 valence electrons. The first-order valence-electron chi connectivity index (χ1n) is 8.26. The summed E-state index contributed by atoms with van der Waals surface area (Å²) in [5.74, 6) is 0. The molecule has 0 radical (unpaired) electrons. The van der Waals surface area contributed by atoms with Crippen LogP contribution < -0.4 is 10.6 Å². The van der Waals surface area contributed by atoms with Gasteiger partial charge in [0.1, 0.15) is 31.5 Å². The van der Waals surface area contributed by atoms with Gasteiger partial charge >= 0.3 is 14.6 Å². The Morgan fingerprint density at radius 1 is 1.20 bits per heavy atom. The topological polar surface area (TPSA) is 79.8 Å². The summed E-state index contributed by atoms with van der Waals surface area (Å²) in [4.78, 5) is 18.9. The minimum Gasteiger partial charge on any atom is -0.445 e. The zero-order chi connectivity index (χ0) is 19.1. The van der Waals surface area contributed by atoms with Crippen LogP contribution in [-0.4, -0.2) is 57.4 Å². The Kier molecular flexibility index (Phi) is 13.6. The second-order valence-corrected chi connectivity index (χ2v) is 11.6. The second-order valence-electron chi connectivity index (χ2n) is 5.65. The van der Waals surface area contributed by atoms with Crippen LogP contribution in [0, 0.1) is 0 Å². The highest BCUT2D eigenvalue weighted by atomic mass is 28.4. The Bertz CT molecular complexity index is 502. The van der Waals surface area contributed by atoms with Gasteiger partial charge in [0.25, 0.3) is 0 Å². The first kappa shape index (κ1) is 24.0. The molecule has 10 heteroatoms. The van der Waals surface area contributed by atoms with Gasteiger partial charge in [-0.3, -0.25) is 0 Å². The van der Waals surface area contributed by atoms with Crippen LogP contribution in [0.3, 0.4) is 0 Å². The van der Waals surface area contributed by atoms with E-state index in [2.05, 4.69) is 17.2 Å². The molecule has 0 saturated carbocycles. The van der Waals surface area contributed by atoms with E-state index in [1.807, 2.05) is 37.3 Å². The molecule has 0 spiro atoms. The second kappa shape index (κ2) is 14.2. The number of hydrogen-bond acceptors (Lipinski definition) is 4. The Hall–Kier alpha value is -1.02. The summed E-state index contributed by atoms with van der Waals surface area (Å²) in [6.07, 6.45) is 0.864. The summed E-state index contributed by atoms with van der Waals surface area (Å²) in [6, 6.07) is 11.5. The zero-order valence-corrected chi connectivity index (χ0v) is 22.8. The first-order valence-corrected chi connectivity index (χ1v) is 13.0. The molecule has 0 aliphatic carbocycles. The van der Waals surface area contributed by atoms with Crippen LogP contribution in [-0.2, 0) is 14.8 Å². The van der Waals surface area contributed by atoms with Crippen molar-refractivity contribution < 1.29 is 17.8 Å². The summed E-state index contributed by atoms with van der Waals surface area (Å²) in [6.45, 7) is 7.15. The van der Waals surface area contributed by atoms with Gasteiger partial charge in [0, 0.05) is 19.1 Å². The van der Waals surface area contributed by atoms with E-state index in [9.17, 15) is 4.79 Å². The predicted molar refractivity (Wildman–Crippen MR) is 116 cm³/mol. The monoisotopic (exact) mass is 416 g/mol. The molecule has 1 rings (SSSR count). The number of nitrogens with one attached hydrogen (secondary N) is 2. The van der Waals surface area contributed by atoms with Gasteiger partial charge < -0.3 is 23.7 Å². The number of carbonyl (C=O) groups excluding carboxylic acids is 1. The molecule has 25 heavy (non-hydrogen) atoms. The maximum Gasteiger partial charge on any atom is 0.320 e. The van der Waals surface area contributed by atoms with Gasteiger partial charge in [-0.2, -0.15) is 0 Å². The lowest BCUT2D eigenvalue weighted by Gasteiger charge is -2.29. The lowest BCUT2D eigenvalue weighted by molar-refractivity contribution is 0.240.